The van der Waals surface area contributed by atoms with Crippen LogP contribution in [0, 0.1) is 0 Å². The molecule has 0 amide bonds. The lowest BCUT2D eigenvalue weighted by atomic mass is 9.99. The highest BCUT2D eigenvalue weighted by atomic mass is 16.7. The zero-order chi connectivity index (χ0) is 14.9. The zero-order valence-electron chi connectivity index (χ0n) is 10.6. The van der Waals surface area contributed by atoms with Crippen molar-refractivity contribution in [1.82, 2.24) is 0 Å². The highest BCUT2D eigenvalue weighted by Gasteiger charge is 2.46. The van der Waals surface area contributed by atoms with Gasteiger partial charge in [-0.3, -0.25) is 0 Å². The molecule has 2 aliphatic rings. The highest BCUT2D eigenvalue weighted by Crippen LogP contribution is 2.24. The van der Waals surface area contributed by atoms with Gasteiger partial charge in [0.1, 0.15) is 42.7 Å². The Morgan fingerprint density at radius 3 is 2.25 bits per heavy atom. The van der Waals surface area contributed by atoms with Crippen LogP contribution in [0.2, 0.25) is 0 Å². The van der Waals surface area contributed by atoms with Crippen LogP contribution >= 0.6 is 0 Å². The average Bonchev–Trinajstić information content (AvgIpc) is 2.44. The molecule has 0 aromatic rings. The molecule has 0 radical (unpaired) electrons. The summed E-state index contributed by atoms with van der Waals surface area (Å²) in [5.74, 6) is 0. The lowest BCUT2D eigenvalue weighted by molar-refractivity contribution is -0.327. The lowest BCUT2D eigenvalue weighted by Crippen LogP contribution is -2.61. The second-order valence-corrected chi connectivity index (χ2v) is 4.97. The molecule has 8 atom stereocenters. The van der Waals surface area contributed by atoms with Crippen molar-refractivity contribution >= 4 is 0 Å². The predicted molar refractivity (Wildman–Crippen MR) is 61.5 cm³/mol. The Morgan fingerprint density at radius 2 is 1.60 bits per heavy atom. The molecule has 118 valence electrons. The molecule has 6 N–H and O–H groups in total. The average molecular weight is 296 g/mol. The Hall–Kier alpha value is -0.360. The van der Waals surface area contributed by atoms with Gasteiger partial charge in [0.25, 0.3) is 0 Å². The van der Waals surface area contributed by atoms with E-state index in [2.05, 4.69) is 0 Å². The van der Waals surface area contributed by atoms with Gasteiger partial charge in [-0.1, -0.05) is 0 Å². The van der Waals surface area contributed by atoms with Crippen molar-refractivity contribution in [2.24, 2.45) is 0 Å². The van der Waals surface area contributed by atoms with E-state index in [4.69, 9.17) is 19.3 Å². The summed E-state index contributed by atoms with van der Waals surface area (Å²) in [6, 6.07) is 0. The largest absolute Gasteiger partial charge is 0.394 e. The molecule has 20 heavy (non-hydrogen) atoms. The quantitative estimate of drug-likeness (QED) is 0.306. The van der Waals surface area contributed by atoms with E-state index in [1.165, 1.54) is 0 Å². The summed E-state index contributed by atoms with van der Waals surface area (Å²) in [5, 5.41) is 57.2. The molecule has 0 aromatic carbocycles. The summed E-state index contributed by atoms with van der Waals surface area (Å²) in [6.07, 6.45) is -10.4. The first-order valence-corrected chi connectivity index (χ1v) is 6.35. The minimum Gasteiger partial charge on any atom is -0.394 e. The number of ether oxygens (including phenoxy) is 3. The number of rotatable bonds is 3. The summed E-state index contributed by atoms with van der Waals surface area (Å²) < 4.78 is 15.4. The summed E-state index contributed by atoms with van der Waals surface area (Å²) in [5.41, 5.74) is 0. The van der Waals surface area contributed by atoms with E-state index in [1.54, 1.807) is 0 Å². The van der Waals surface area contributed by atoms with Crippen molar-refractivity contribution in [2.75, 3.05) is 19.8 Å². The topological polar surface area (TPSA) is 149 Å². The van der Waals surface area contributed by atoms with Gasteiger partial charge in [0.05, 0.1) is 19.8 Å². The van der Waals surface area contributed by atoms with Crippen LogP contribution < -0.4 is 0 Å². The number of hydrogen-bond donors (Lipinski definition) is 6. The van der Waals surface area contributed by atoms with Gasteiger partial charge in [-0.2, -0.15) is 0 Å². The van der Waals surface area contributed by atoms with E-state index in [9.17, 15) is 25.5 Å². The van der Waals surface area contributed by atoms with Gasteiger partial charge in [0, 0.05) is 0 Å². The third-order valence-corrected chi connectivity index (χ3v) is 3.50. The first kappa shape index (κ1) is 16.0. The van der Waals surface area contributed by atoms with Crippen molar-refractivity contribution < 1.29 is 44.8 Å². The molecule has 2 heterocycles. The first-order valence-electron chi connectivity index (χ1n) is 6.35. The fraction of sp³-hybridized carbons (Fsp3) is 1.00. The molecule has 2 rings (SSSR count). The molecule has 0 aliphatic carbocycles. The fourth-order valence-electron chi connectivity index (χ4n) is 2.22. The molecule has 9 nitrogen and oxygen atoms in total. The Labute approximate surface area is 114 Å². The summed E-state index contributed by atoms with van der Waals surface area (Å²) >= 11 is 0. The molecule has 2 aliphatic heterocycles. The fourth-order valence-corrected chi connectivity index (χ4v) is 2.22. The van der Waals surface area contributed by atoms with E-state index < -0.39 is 55.6 Å². The van der Waals surface area contributed by atoms with E-state index >= 15 is 0 Å². The van der Waals surface area contributed by atoms with Crippen LogP contribution in [-0.2, 0) is 14.2 Å². The van der Waals surface area contributed by atoms with Gasteiger partial charge < -0.3 is 44.8 Å². The van der Waals surface area contributed by atoms with Crippen molar-refractivity contribution in [3.05, 3.63) is 0 Å². The van der Waals surface area contributed by atoms with E-state index in [-0.39, 0.29) is 13.2 Å². The maximum absolute atomic E-state index is 9.78. The predicted octanol–water partition coefficient (Wildman–Crippen LogP) is -4.08. The summed E-state index contributed by atoms with van der Waals surface area (Å²) in [7, 11) is 0. The molecular weight excluding hydrogens is 276 g/mol. The minimum atomic E-state index is -1.56. The van der Waals surface area contributed by atoms with Gasteiger partial charge in [0.2, 0.25) is 0 Å². The lowest BCUT2D eigenvalue weighted by Gasteiger charge is -2.42. The standard InChI is InChI=1S/C11H20O9/c12-1-5-8(15)9(16)10(17)11(19-5)20-6-3-18-2-4(13)7(6)14/h4-17H,1-3H2/t4-,5+,6+,7+,8+,9-,10+,11-/m1/s1. The Morgan fingerprint density at radius 1 is 0.900 bits per heavy atom. The molecule has 2 fully saturated rings. The van der Waals surface area contributed by atoms with Crippen LogP contribution in [0.5, 0.6) is 0 Å². The first-order chi connectivity index (χ1) is 9.45. The number of hydrogen-bond acceptors (Lipinski definition) is 9. The van der Waals surface area contributed by atoms with Gasteiger partial charge in [-0.25, -0.2) is 0 Å². The summed E-state index contributed by atoms with van der Waals surface area (Å²) in [4.78, 5) is 0. The monoisotopic (exact) mass is 296 g/mol. The van der Waals surface area contributed by atoms with Gasteiger partial charge >= 0.3 is 0 Å². The van der Waals surface area contributed by atoms with Crippen LogP contribution in [0.1, 0.15) is 0 Å². The van der Waals surface area contributed by atoms with Crippen LogP contribution in [-0.4, -0.2) is 99.5 Å². The Kier molecular flexibility index (Phi) is 5.29. The molecule has 9 heteroatoms. The van der Waals surface area contributed by atoms with Crippen molar-refractivity contribution in [3.8, 4) is 0 Å². The van der Waals surface area contributed by atoms with Crippen molar-refractivity contribution in [3.63, 3.8) is 0 Å². The third-order valence-electron chi connectivity index (χ3n) is 3.50. The molecule has 0 unspecified atom stereocenters. The minimum absolute atomic E-state index is 0.0206. The smallest absolute Gasteiger partial charge is 0.187 e. The van der Waals surface area contributed by atoms with Crippen LogP contribution in [0.25, 0.3) is 0 Å². The number of aliphatic hydroxyl groups is 6. The third kappa shape index (κ3) is 3.11. The molecule has 0 saturated carbocycles. The highest BCUT2D eigenvalue weighted by molar-refractivity contribution is 4.90. The maximum Gasteiger partial charge on any atom is 0.187 e. The number of aliphatic hydroxyl groups excluding tert-OH is 6. The normalized spacial score (nSPS) is 50.1. The van der Waals surface area contributed by atoms with E-state index in [0.29, 0.717) is 0 Å². The Balaban J connectivity index is 2.00. The van der Waals surface area contributed by atoms with Gasteiger partial charge in [-0.05, 0) is 0 Å². The summed E-state index contributed by atoms with van der Waals surface area (Å²) in [6.45, 7) is -0.625. The molecule has 0 bridgehead atoms. The van der Waals surface area contributed by atoms with Crippen LogP contribution in [0.15, 0.2) is 0 Å². The van der Waals surface area contributed by atoms with Crippen LogP contribution in [0.4, 0.5) is 0 Å². The molecule has 0 spiro atoms. The maximum atomic E-state index is 9.78. The SMILES string of the molecule is OC[C@@H]1O[C@H](O[C@H]2COC[C@@H](O)[C@@H]2O)[C@@H](O)[C@H](O)[C@H]1O. The second-order valence-electron chi connectivity index (χ2n) is 4.97. The van der Waals surface area contributed by atoms with Crippen LogP contribution in [0.3, 0.4) is 0 Å². The van der Waals surface area contributed by atoms with Crippen molar-refractivity contribution in [1.29, 1.82) is 0 Å². The van der Waals surface area contributed by atoms with Gasteiger partial charge in [-0.15, -0.1) is 0 Å². The zero-order valence-corrected chi connectivity index (χ0v) is 10.6. The van der Waals surface area contributed by atoms with Crippen molar-refractivity contribution in [2.45, 2.75) is 49.0 Å². The van der Waals surface area contributed by atoms with E-state index in [0.717, 1.165) is 0 Å². The Bertz CT molecular complexity index is 312. The van der Waals surface area contributed by atoms with E-state index in [1.807, 2.05) is 0 Å². The molecule has 2 saturated heterocycles. The second kappa shape index (κ2) is 6.60. The molecular formula is C11H20O9. The van der Waals surface area contributed by atoms with Gasteiger partial charge in [0.15, 0.2) is 6.29 Å². The molecule has 0 aromatic heterocycles.